The molecular formula is C13H25NO3S. The normalized spacial score (nSPS) is 33.4. The van der Waals surface area contributed by atoms with Crippen LogP contribution in [0.2, 0.25) is 0 Å². The summed E-state index contributed by atoms with van der Waals surface area (Å²) in [7, 11) is -2.79. The van der Waals surface area contributed by atoms with Crippen LogP contribution in [0.4, 0.5) is 0 Å². The Morgan fingerprint density at radius 2 is 2.17 bits per heavy atom. The fourth-order valence-corrected chi connectivity index (χ4v) is 5.04. The first-order valence-electron chi connectivity index (χ1n) is 7.14. The second-order valence-electron chi connectivity index (χ2n) is 5.62. The van der Waals surface area contributed by atoms with Crippen molar-refractivity contribution in [1.29, 1.82) is 0 Å². The van der Waals surface area contributed by atoms with Crippen molar-refractivity contribution in [2.45, 2.75) is 38.6 Å². The van der Waals surface area contributed by atoms with Crippen molar-refractivity contribution in [3.8, 4) is 0 Å². The van der Waals surface area contributed by atoms with Crippen molar-refractivity contribution in [1.82, 2.24) is 5.32 Å². The predicted octanol–water partition coefficient (Wildman–Crippen LogP) is 1.22. The van der Waals surface area contributed by atoms with Crippen LogP contribution in [0.5, 0.6) is 0 Å². The van der Waals surface area contributed by atoms with E-state index in [1.165, 1.54) is 0 Å². The molecule has 0 amide bonds. The summed E-state index contributed by atoms with van der Waals surface area (Å²) in [6, 6.07) is 0.322. The molecule has 0 saturated carbocycles. The molecule has 1 N–H and O–H groups in total. The van der Waals surface area contributed by atoms with E-state index in [0.29, 0.717) is 23.5 Å². The van der Waals surface area contributed by atoms with E-state index in [1.807, 2.05) is 0 Å². The number of ether oxygens (including phenoxy) is 1. The maximum atomic E-state index is 11.6. The third-order valence-electron chi connectivity index (χ3n) is 4.11. The Morgan fingerprint density at radius 1 is 1.33 bits per heavy atom. The van der Waals surface area contributed by atoms with Gasteiger partial charge in [-0.25, -0.2) is 8.42 Å². The van der Waals surface area contributed by atoms with Gasteiger partial charge in [0.05, 0.1) is 18.1 Å². The van der Waals surface area contributed by atoms with Gasteiger partial charge >= 0.3 is 0 Å². The van der Waals surface area contributed by atoms with E-state index >= 15 is 0 Å². The predicted molar refractivity (Wildman–Crippen MR) is 72.4 cm³/mol. The Morgan fingerprint density at radius 3 is 2.72 bits per heavy atom. The SMILES string of the molecule is CCCNC(C1CCCOC1)C1CCS(=O)(=O)C1. The van der Waals surface area contributed by atoms with Crippen LogP contribution in [0.15, 0.2) is 0 Å². The summed E-state index contributed by atoms with van der Waals surface area (Å²) in [5.74, 6) is 1.51. The molecule has 0 aromatic rings. The molecule has 18 heavy (non-hydrogen) atoms. The third kappa shape index (κ3) is 3.68. The van der Waals surface area contributed by atoms with Gasteiger partial charge in [-0.15, -0.1) is 0 Å². The smallest absolute Gasteiger partial charge is 0.150 e. The van der Waals surface area contributed by atoms with Gasteiger partial charge in [-0.05, 0) is 44.1 Å². The van der Waals surface area contributed by atoms with Crippen LogP contribution in [-0.4, -0.2) is 45.7 Å². The first-order valence-corrected chi connectivity index (χ1v) is 8.96. The number of hydrogen-bond acceptors (Lipinski definition) is 4. The van der Waals surface area contributed by atoms with E-state index in [-0.39, 0.29) is 5.92 Å². The molecule has 2 aliphatic rings. The van der Waals surface area contributed by atoms with Gasteiger partial charge in [0.2, 0.25) is 0 Å². The number of nitrogens with one attached hydrogen (secondary N) is 1. The van der Waals surface area contributed by atoms with Crippen LogP contribution >= 0.6 is 0 Å². The van der Waals surface area contributed by atoms with Crippen molar-refractivity contribution < 1.29 is 13.2 Å². The molecule has 4 nitrogen and oxygen atoms in total. The molecule has 5 heteroatoms. The van der Waals surface area contributed by atoms with Gasteiger partial charge in [-0.3, -0.25) is 0 Å². The second kappa shape index (κ2) is 6.35. The van der Waals surface area contributed by atoms with Crippen LogP contribution in [0.3, 0.4) is 0 Å². The minimum Gasteiger partial charge on any atom is -0.381 e. The molecule has 2 fully saturated rings. The molecule has 3 unspecified atom stereocenters. The molecule has 2 aliphatic heterocycles. The highest BCUT2D eigenvalue weighted by atomic mass is 32.2. The quantitative estimate of drug-likeness (QED) is 0.819. The largest absolute Gasteiger partial charge is 0.381 e. The fraction of sp³-hybridized carbons (Fsp3) is 1.00. The minimum atomic E-state index is -2.79. The van der Waals surface area contributed by atoms with E-state index in [9.17, 15) is 8.42 Å². The van der Waals surface area contributed by atoms with Crippen LogP contribution in [0, 0.1) is 11.8 Å². The zero-order valence-electron chi connectivity index (χ0n) is 11.2. The third-order valence-corrected chi connectivity index (χ3v) is 5.90. The van der Waals surface area contributed by atoms with Crippen molar-refractivity contribution in [2.24, 2.45) is 11.8 Å². The summed E-state index contributed by atoms with van der Waals surface area (Å²) in [4.78, 5) is 0. The van der Waals surface area contributed by atoms with Gasteiger partial charge in [0.1, 0.15) is 0 Å². The zero-order valence-corrected chi connectivity index (χ0v) is 12.0. The number of hydrogen-bond donors (Lipinski definition) is 1. The number of rotatable bonds is 5. The van der Waals surface area contributed by atoms with Crippen LogP contribution in [0.25, 0.3) is 0 Å². The van der Waals surface area contributed by atoms with E-state index < -0.39 is 9.84 Å². The molecule has 0 spiro atoms. The Bertz CT molecular complexity index is 349. The summed E-state index contributed by atoms with van der Waals surface area (Å²) in [6.07, 6.45) is 4.18. The van der Waals surface area contributed by atoms with E-state index in [0.717, 1.165) is 45.4 Å². The highest BCUT2D eigenvalue weighted by Gasteiger charge is 2.37. The molecule has 2 saturated heterocycles. The van der Waals surface area contributed by atoms with Gasteiger partial charge in [-0.1, -0.05) is 6.92 Å². The summed E-state index contributed by atoms with van der Waals surface area (Å²) >= 11 is 0. The van der Waals surface area contributed by atoms with Crippen LogP contribution in [0.1, 0.15) is 32.6 Å². The van der Waals surface area contributed by atoms with Crippen molar-refractivity contribution in [3.05, 3.63) is 0 Å². The molecule has 0 aromatic carbocycles. The molecule has 106 valence electrons. The Balaban J connectivity index is 1.99. The van der Waals surface area contributed by atoms with Crippen molar-refractivity contribution in [2.75, 3.05) is 31.3 Å². The number of sulfone groups is 1. The van der Waals surface area contributed by atoms with Crippen molar-refractivity contribution >= 4 is 9.84 Å². The average Bonchev–Trinajstić information content (AvgIpc) is 2.72. The lowest BCUT2D eigenvalue weighted by Crippen LogP contribution is -2.46. The van der Waals surface area contributed by atoms with Crippen LogP contribution < -0.4 is 5.32 Å². The molecule has 0 bridgehead atoms. The minimum absolute atomic E-state index is 0.285. The first-order chi connectivity index (χ1) is 8.62. The molecular weight excluding hydrogens is 250 g/mol. The Labute approximate surface area is 110 Å². The fourth-order valence-electron chi connectivity index (χ4n) is 3.19. The monoisotopic (exact) mass is 275 g/mol. The van der Waals surface area contributed by atoms with Crippen LogP contribution in [-0.2, 0) is 14.6 Å². The lowest BCUT2D eigenvalue weighted by Gasteiger charge is -2.34. The van der Waals surface area contributed by atoms with E-state index in [2.05, 4.69) is 12.2 Å². The van der Waals surface area contributed by atoms with Gasteiger partial charge in [0.15, 0.2) is 9.84 Å². The summed E-state index contributed by atoms with van der Waals surface area (Å²) in [6.45, 7) is 4.77. The summed E-state index contributed by atoms with van der Waals surface area (Å²) in [5.41, 5.74) is 0. The highest BCUT2D eigenvalue weighted by Crippen LogP contribution is 2.29. The summed E-state index contributed by atoms with van der Waals surface area (Å²) < 4.78 is 28.9. The molecule has 0 radical (unpaired) electrons. The lowest BCUT2D eigenvalue weighted by molar-refractivity contribution is 0.0307. The second-order valence-corrected chi connectivity index (χ2v) is 7.85. The Hall–Kier alpha value is -0.130. The molecule has 2 heterocycles. The Kier molecular flexibility index (Phi) is 5.04. The van der Waals surface area contributed by atoms with E-state index in [4.69, 9.17) is 4.74 Å². The molecule has 3 atom stereocenters. The highest BCUT2D eigenvalue weighted by molar-refractivity contribution is 7.91. The van der Waals surface area contributed by atoms with Gasteiger partial charge in [0, 0.05) is 12.6 Å². The lowest BCUT2D eigenvalue weighted by atomic mass is 9.84. The van der Waals surface area contributed by atoms with E-state index in [1.54, 1.807) is 0 Å². The topological polar surface area (TPSA) is 55.4 Å². The molecule has 0 aromatic heterocycles. The summed E-state index contributed by atoms with van der Waals surface area (Å²) in [5, 5.41) is 3.57. The zero-order chi connectivity index (χ0) is 13.0. The maximum Gasteiger partial charge on any atom is 0.150 e. The average molecular weight is 275 g/mol. The standard InChI is InChI=1S/C13H25NO3S/c1-2-6-14-13(11-4-3-7-17-9-11)12-5-8-18(15,16)10-12/h11-14H,2-10H2,1H3. The molecule has 2 rings (SSSR count). The van der Waals surface area contributed by atoms with Gasteiger partial charge in [0.25, 0.3) is 0 Å². The maximum absolute atomic E-state index is 11.6. The van der Waals surface area contributed by atoms with Crippen molar-refractivity contribution in [3.63, 3.8) is 0 Å². The molecule has 0 aliphatic carbocycles. The first kappa shape index (κ1) is 14.3. The van der Waals surface area contributed by atoms with Gasteiger partial charge < -0.3 is 10.1 Å². The van der Waals surface area contributed by atoms with Gasteiger partial charge in [-0.2, -0.15) is 0 Å².